The first-order valence-electron chi connectivity index (χ1n) is 8.30. The van der Waals surface area contributed by atoms with Crippen molar-refractivity contribution in [2.24, 2.45) is 10.2 Å². The molecule has 0 aliphatic rings. The molecule has 3 aromatic carbocycles. The predicted molar refractivity (Wildman–Crippen MR) is 105 cm³/mol. The van der Waals surface area contributed by atoms with Crippen LogP contribution in [-0.2, 0) is 0 Å². The number of phenolic OH excluding ortho intramolecular Hbond substituents is 1. The molecule has 0 atom stereocenters. The Morgan fingerprint density at radius 2 is 1.73 bits per heavy atom. The number of rotatable bonds is 4. The Balaban J connectivity index is 1.78. The van der Waals surface area contributed by atoms with Gasteiger partial charge in [-0.1, -0.05) is 47.7 Å². The van der Waals surface area contributed by atoms with E-state index in [2.05, 4.69) is 15.2 Å². The van der Waals surface area contributed by atoms with Gasteiger partial charge >= 0.3 is 0 Å². The number of thiazole rings is 1. The third-order valence-corrected chi connectivity index (χ3v) is 4.77. The summed E-state index contributed by atoms with van der Waals surface area (Å²) < 4.78 is 6.95. The number of hydrogen-bond donors (Lipinski definition) is 1. The first-order valence-corrected chi connectivity index (χ1v) is 9.12. The van der Waals surface area contributed by atoms with Gasteiger partial charge in [-0.15, -0.1) is 10.2 Å². The Morgan fingerprint density at radius 3 is 2.50 bits per heavy atom. The van der Waals surface area contributed by atoms with Crippen molar-refractivity contribution in [1.29, 1.82) is 0 Å². The smallest absolute Gasteiger partial charge is 0.231 e. The second kappa shape index (κ2) is 6.72. The van der Waals surface area contributed by atoms with Gasteiger partial charge in [0, 0.05) is 16.8 Å². The lowest BCUT2D eigenvalue weighted by molar-refractivity contribution is 0.245. The summed E-state index contributed by atoms with van der Waals surface area (Å²) in [6.07, 6.45) is 0.0111. The third-order valence-electron chi connectivity index (χ3n) is 3.85. The average molecular weight is 363 g/mol. The van der Waals surface area contributed by atoms with E-state index in [-0.39, 0.29) is 11.9 Å². The second-order valence-electron chi connectivity index (χ2n) is 6.12. The summed E-state index contributed by atoms with van der Waals surface area (Å²) in [5, 5.41) is 21.1. The fraction of sp³-hybridized carbons (Fsp3) is 0.150. The first-order chi connectivity index (χ1) is 12.6. The molecule has 1 heterocycles. The molecule has 0 saturated heterocycles. The zero-order chi connectivity index (χ0) is 18.1. The van der Waals surface area contributed by atoms with Crippen molar-refractivity contribution >= 4 is 43.1 Å². The monoisotopic (exact) mass is 363 g/mol. The molecule has 6 heteroatoms. The molecule has 130 valence electrons. The van der Waals surface area contributed by atoms with Crippen LogP contribution in [0.2, 0.25) is 0 Å². The SMILES string of the molecule is CC(C)Oc1cc(N=Nc2nc3ccccc3s2)c(O)c2ccccc12. The summed E-state index contributed by atoms with van der Waals surface area (Å²) in [7, 11) is 0. The Hall–Kier alpha value is -2.99. The fourth-order valence-electron chi connectivity index (χ4n) is 2.74. The van der Waals surface area contributed by atoms with Crippen molar-refractivity contribution in [2.45, 2.75) is 20.0 Å². The van der Waals surface area contributed by atoms with Crippen LogP contribution in [0, 0.1) is 0 Å². The molecule has 0 fully saturated rings. The van der Waals surface area contributed by atoms with Gasteiger partial charge in [0.25, 0.3) is 0 Å². The van der Waals surface area contributed by atoms with Crippen LogP contribution in [0.5, 0.6) is 11.5 Å². The highest BCUT2D eigenvalue weighted by molar-refractivity contribution is 7.21. The quantitative estimate of drug-likeness (QED) is 0.429. The van der Waals surface area contributed by atoms with Gasteiger partial charge in [-0.25, -0.2) is 4.98 Å². The van der Waals surface area contributed by atoms with Gasteiger partial charge in [0.1, 0.15) is 11.4 Å². The lowest BCUT2D eigenvalue weighted by Crippen LogP contribution is -2.05. The van der Waals surface area contributed by atoms with Gasteiger partial charge in [-0.3, -0.25) is 0 Å². The number of ether oxygens (including phenoxy) is 1. The lowest BCUT2D eigenvalue weighted by atomic mass is 10.1. The van der Waals surface area contributed by atoms with Gasteiger partial charge in [-0.2, -0.15) is 0 Å². The number of hydrogen-bond acceptors (Lipinski definition) is 6. The van der Waals surface area contributed by atoms with E-state index in [0.717, 1.165) is 15.6 Å². The van der Waals surface area contributed by atoms with Crippen molar-refractivity contribution < 1.29 is 9.84 Å². The Labute approximate surface area is 154 Å². The molecular weight excluding hydrogens is 346 g/mol. The maximum absolute atomic E-state index is 10.6. The predicted octanol–water partition coefficient (Wildman–Crippen LogP) is 6.36. The summed E-state index contributed by atoms with van der Waals surface area (Å²) in [4.78, 5) is 4.44. The minimum atomic E-state index is 0.0111. The molecule has 0 unspecified atom stereocenters. The van der Waals surface area contributed by atoms with E-state index in [1.54, 1.807) is 6.07 Å². The molecule has 26 heavy (non-hydrogen) atoms. The van der Waals surface area contributed by atoms with Crippen LogP contribution in [0.25, 0.3) is 21.0 Å². The average Bonchev–Trinajstić information content (AvgIpc) is 3.05. The number of nitrogens with zero attached hydrogens (tertiary/aromatic N) is 3. The van der Waals surface area contributed by atoms with Gasteiger partial charge in [0.05, 0.1) is 16.3 Å². The molecule has 0 aliphatic carbocycles. The topological polar surface area (TPSA) is 67.1 Å². The zero-order valence-corrected chi connectivity index (χ0v) is 15.2. The van der Waals surface area contributed by atoms with Crippen molar-refractivity contribution in [2.75, 3.05) is 0 Å². The van der Waals surface area contributed by atoms with Gasteiger partial charge < -0.3 is 9.84 Å². The molecule has 0 amide bonds. The molecule has 0 saturated carbocycles. The molecule has 5 nitrogen and oxygen atoms in total. The first kappa shape index (κ1) is 16.5. The van der Waals surface area contributed by atoms with Crippen LogP contribution in [-0.4, -0.2) is 16.2 Å². The maximum Gasteiger partial charge on any atom is 0.231 e. The third kappa shape index (κ3) is 3.11. The molecular formula is C20H17N3O2S. The number of para-hydroxylation sites is 1. The fourth-order valence-corrected chi connectivity index (χ4v) is 3.53. The summed E-state index contributed by atoms with van der Waals surface area (Å²) in [5.74, 6) is 0.758. The van der Waals surface area contributed by atoms with Gasteiger partial charge in [0.15, 0.2) is 5.75 Å². The number of aromatic hydroxyl groups is 1. The Kier molecular flexibility index (Phi) is 4.26. The van der Waals surface area contributed by atoms with Crippen LogP contribution >= 0.6 is 11.3 Å². The molecule has 0 aliphatic heterocycles. The molecule has 1 aromatic heterocycles. The minimum Gasteiger partial charge on any atom is -0.505 e. The molecule has 0 spiro atoms. The second-order valence-corrected chi connectivity index (χ2v) is 7.13. The molecule has 0 radical (unpaired) electrons. The summed E-state index contributed by atoms with van der Waals surface area (Å²) in [6.45, 7) is 3.92. The molecule has 4 rings (SSSR count). The van der Waals surface area contributed by atoms with Crippen LogP contribution in [0.1, 0.15) is 13.8 Å². The largest absolute Gasteiger partial charge is 0.505 e. The van der Waals surface area contributed by atoms with Crippen LogP contribution < -0.4 is 4.74 Å². The van der Waals surface area contributed by atoms with Crippen LogP contribution in [0.15, 0.2) is 64.8 Å². The zero-order valence-electron chi connectivity index (χ0n) is 14.4. The Bertz CT molecular complexity index is 1090. The van der Waals surface area contributed by atoms with E-state index in [9.17, 15) is 5.11 Å². The minimum absolute atomic E-state index is 0.0111. The number of aromatic nitrogens is 1. The number of benzene rings is 3. The van der Waals surface area contributed by atoms with Crippen molar-refractivity contribution in [3.05, 3.63) is 54.6 Å². The normalized spacial score (nSPS) is 11.8. The van der Waals surface area contributed by atoms with Gasteiger partial charge in [-0.05, 0) is 26.0 Å². The van der Waals surface area contributed by atoms with Crippen molar-refractivity contribution in [3.8, 4) is 11.5 Å². The van der Waals surface area contributed by atoms with E-state index in [1.807, 2.05) is 62.4 Å². The standard InChI is InChI=1S/C20H17N3O2S/c1-12(2)25-17-11-16(19(24)14-8-4-3-7-13(14)17)22-23-20-21-15-9-5-6-10-18(15)26-20/h3-12,24H,1-2H3. The highest BCUT2D eigenvalue weighted by Gasteiger charge is 2.13. The van der Waals surface area contributed by atoms with Crippen molar-refractivity contribution in [3.63, 3.8) is 0 Å². The maximum atomic E-state index is 10.6. The number of phenols is 1. The highest BCUT2D eigenvalue weighted by atomic mass is 32.1. The van der Waals surface area contributed by atoms with E-state index < -0.39 is 0 Å². The summed E-state index contributed by atoms with van der Waals surface area (Å²) in [6, 6.07) is 17.1. The molecule has 4 aromatic rings. The van der Waals surface area contributed by atoms with Crippen LogP contribution in [0.3, 0.4) is 0 Å². The van der Waals surface area contributed by atoms with E-state index in [4.69, 9.17) is 4.74 Å². The number of fused-ring (bicyclic) bond motifs is 2. The summed E-state index contributed by atoms with van der Waals surface area (Å²) >= 11 is 1.46. The van der Waals surface area contributed by atoms with Crippen LogP contribution in [0.4, 0.5) is 10.8 Å². The Morgan fingerprint density at radius 1 is 1.00 bits per heavy atom. The lowest BCUT2D eigenvalue weighted by Gasteiger charge is -2.14. The van der Waals surface area contributed by atoms with E-state index in [0.29, 0.717) is 22.0 Å². The van der Waals surface area contributed by atoms with E-state index in [1.165, 1.54) is 11.3 Å². The van der Waals surface area contributed by atoms with Gasteiger partial charge in [0.2, 0.25) is 5.13 Å². The molecule has 0 bridgehead atoms. The highest BCUT2D eigenvalue weighted by Crippen LogP contribution is 2.42. The molecule has 1 N–H and O–H groups in total. The summed E-state index contributed by atoms with van der Waals surface area (Å²) in [5.41, 5.74) is 1.25. The van der Waals surface area contributed by atoms with Crippen molar-refractivity contribution in [1.82, 2.24) is 4.98 Å². The number of azo groups is 1. The van der Waals surface area contributed by atoms with E-state index >= 15 is 0 Å².